The maximum absolute atomic E-state index is 13.0. The molecule has 1 aliphatic carbocycles. The van der Waals surface area contributed by atoms with Crippen LogP contribution in [0.15, 0.2) is 30.5 Å². The van der Waals surface area contributed by atoms with E-state index in [9.17, 15) is 9.18 Å². The van der Waals surface area contributed by atoms with E-state index in [0.717, 1.165) is 24.1 Å². The van der Waals surface area contributed by atoms with Crippen LogP contribution in [0.1, 0.15) is 40.5 Å². The molecule has 2 heterocycles. The first-order valence-electron chi connectivity index (χ1n) is 7.66. The molecule has 1 aromatic carbocycles. The van der Waals surface area contributed by atoms with Gasteiger partial charge in [-0.05, 0) is 44.0 Å². The number of carbonyl (C=O) groups excluding carboxylic acids is 1. The van der Waals surface area contributed by atoms with Crippen LogP contribution in [0.25, 0.3) is 5.69 Å². The molecule has 1 amide bonds. The van der Waals surface area contributed by atoms with Crippen LogP contribution in [0.4, 0.5) is 10.2 Å². The number of hydrogen-bond donors (Lipinski definition) is 2. The van der Waals surface area contributed by atoms with Crippen LogP contribution in [-0.2, 0) is 0 Å². The van der Waals surface area contributed by atoms with Crippen molar-refractivity contribution in [3.8, 4) is 5.69 Å². The molecule has 3 aromatic rings. The molecule has 1 saturated carbocycles. The highest BCUT2D eigenvalue weighted by Crippen LogP contribution is 2.41. The summed E-state index contributed by atoms with van der Waals surface area (Å²) >= 11 is 0. The molecule has 1 fully saturated rings. The molecule has 2 N–H and O–H groups in total. The number of rotatable bonds is 4. The average Bonchev–Trinajstić information content (AvgIpc) is 3.18. The Kier molecular flexibility index (Phi) is 3.37. The monoisotopic (exact) mass is 326 g/mol. The third-order valence-electron chi connectivity index (χ3n) is 4.05. The van der Waals surface area contributed by atoms with E-state index in [1.807, 2.05) is 6.92 Å². The van der Waals surface area contributed by atoms with E-state index in [0.29, 0.717) is 17.4 Å². The molecular formula is C16H15FN6O. The van der Waals surface area contributed by atoms with Crippen molar-refractivity contribution in [2.45, 2.75) is 25.7 Å². The Labute approximate surface area is 136 Å². The standard InChI is InChI=1S/C16H15FN6O/c1-9-14(10-2-3-10)20-21-15(9)19-16(24)13-8-18-23(22-13)12-6-4-11(17)5-7-12/h4-8,10H,2-3H2,1H3,(H2,19,20,21,24). The Bertz CT molecular complexity index is 894. The number of aromatic nitrogens is 5. The minimum absolute atomic E-state index is 0.162. The van der Waals surface area contributed by atoms with Crippen molar-refractivity contribution >= 4 is 11.7 Å². The van der Waals surface area contributed by atoms with Crippen LogP contribution in [-0.4, -0.2) is 31.1 Å². The summed E-state index contributed by atoms with van der Waals surface area (Å²) in [7, 11) is 0. The Hall–Kier alpha value is -3.03. The fourth-order valence-electron chi connectivity index (χ4n) is 2.54. The second-order valence-corrected chi connectivity index (χ2v) is 5.83. The first-order valence-corrected chi connectivity index (χ1v) is 7.66. The molecule has 7 nitrogen and oxygen atoms in total. The molecule has 122 valence electrons. The van der Waals surface area contributed by atoms with Crippen LogP contribution < -0.4 is 5.32 Å². The minimum atomic E-state index is -0.389. The van der Waals surface area contributed by atoms with Crippen LogP contribution in [0.2, 0.25) is 0 Å². The minimum Gasteiger partial charge on any atom is -0.303 e. The summed E-state index contributed by atoms with van der Waals surface area (Å²) in [6, 6.07) is 5.70. The number of hydrogen-bond acceptors (Lipinski definition) is 4. The third kappa shape index (κ3) is 2.66. The Balaban J connectivity index is 1.52. The van der Waals surface area contributed by atoms with Crippen LogP contribution in [0.3, 0.4) is 0 Å². The average molecular weight is 326 g/mol. The zero-order valence-corrected chi connectivity index (χ0v) is 13.0. The van der Waals surface area contributed by atoms with E-state index >= 15 is 0 Å². The van der Waals surface area contributed by atoms with Gasteiger partial charge in [-0.25, -0.2) is 4.39 Å². The van der Waals surface area contributed by atoms with E-state index in [2.05, 4.69) is 25.7 Å². The number of H-pyrrole nitrogens is 1. The normalized spacial score (nSPS) is 13.9. The van der Waals surface area contributed by atoms with Gasteiger partial charge in [-0.15, -0.1) is 5.10 Å². The van der Waals surface area contributed by atoms with E-state index in [1.165, 1.54) is 35.3 Å². The third-order valence-corrected chi connectivity index (χ3v) is 4.05. The number of halogens is 1. The number of nitrogens with zero attached hydrogens (tertiary/aromatic N) is 4. The van der Waals surface area contributed by atoms with E-state index in [4.69, 9.17) is 0 Å². The number of carbonyl (C=O) groups is 1. The second kappa shape index (κ2) is 5.55. The first kappa shape index (κ1) is 14.6. The van der Waals surface area contributed by atoms with Crippen molar-refractivity contribution in [3.05, 3.63) is 53.2 Å². The lowest BCUT2D eigenvalue weighted by Gasteiger charge is -2.01. The topological polar surface area (TPSA) is 88.5 Å². The number of anilines is 1. The van der Waals surface area contributed by atoms with Gasteiger partial charge in [0.15, 0.2) is 11.5 Å². The van der Waals surface area contributed by atoms with E-state index in [-0.39, 0.29) is 17.4 Å². The van der Waals surface area contributed by atoms with Crippen LogP contribution in [0.5, 0.6) is 0 Å². The molecule has 4 rings (SSSR count). The van der Waals surface area contributed by atoms with Gasteiger partial charge in [0, 0.05) is 17.2 Å². The highest BCUT2D eigenvalue weighted by molar-refractivity contribution is 6.02. The smallest absolute Gasteiger partial charge is 0.279 e. The summed E-state index contributed by atoms with van der Waals surface area (Å²) in [5, 5.41) is 18.1. The molecular weight excluding hydrogens is 311 g/mol. The molecule has 0 saturated heterocycles. The predicted octanol–water partition coefficient (Wildman–Crippen LogP) is 2.57. The first-order chi connectivity index (χ1) is 11.6. The summed E-state index contributed by atoms with van der Waals surface area (Å²) in [5.41, 5.74) is 2.77. The van der Waals surface area contributed by atoms with Gasteiger partial charge in [0.05, 0.1) is 11.9 Å². The zero-order valence-electron chi connectivity index (χ0n) is 13.0. The molecule has 0 unspecified atom stereocenters. The lowest BCUT2D eigenvalue weighted by atomic mass is 10.2. The maximum atomic E-state index is 13.0. The molecule has 24 heavy (non-hydrogen) atoms. The second-order valence-electron chi connectivity index (χ2n) is 5.83. The van der Waals surface area contributed by atoms with Gasteiger partial charge in [-0.3, -0.25) is 9.89 Å². The number of nitrogens with one attached hydrogen (secondary N) is 2. The van der Waals surface area contributed by atoms with Gasteiger partial charge in [0.25, 0.3) is 5.91 Å². The van der Waals surface area contributed by atoms with Gasteiger partial charge >= 0.3 is 0 Å². The Morgan fingerprint density at radius 2 is 2.08 bits per heavy atom. The van der Waals surface area contributed by atoms with Crippen molar-refractivity contribution in [1.82, 2.24) is 25.2 Å². The lowest BCUT2D eigenvalue weighted by molar-refractivity contribution is 0.102. The highest BCUT2D eigenvalue weighted by Gasteiger charge is 2.28. The van der Waals surface area contributed by atoms with Gasteiger partial charge in [0.2, 0.25) is 0 Å². The highest BCUT2D eigenvalue weighted by atomic mass is 19.1. The molecule has 0 aliphatic heterocycles. The molecule has 0 bridgehead atoms. The van der Waals surface area contributed by atoms with Crippen molar-refractivity contribution in [2.75, 3.05) is 5.32 Å². The van der Waals surface area contributed by atoms with Gasteiger partial charge in [-0.2, -0.15) is 15.0 Å². The Morgan fingerprint density at radius 1 is 1.33 bits per heavy atom. The summed E-state index contributed by atoms with van der Waals surface area (Å²) in [5.74, 6) is 0.311. The molecule has 0 spiro atoms. The zero-order chi connectivity index (χ0) is 16.7. The number of aromatic amines is 1. The number of amides is 1. The van der Waals surface area contributed by atoms with Gasteiger partial charge in [0.1, 0.15) is 5.82 Å². The van der Waals surface area contributed by atoms with E-state index in [1.54, 1.807) is 0 Å². The Morgan fingerprint density at radius 3 is 2.79 bits per heavy atom. The van der Waals surface area contributed by atoms with Crippen molar-refractivity contribution in [1.29, 1.82) is 0 Å². The molecule has 1 aliphatic rings. The fraction of sp³-hybridized carbons (Fsp3) is 0.250. The van der Waals surface area contributed by atoms with Crippen molar-refractivity contribution in [2.24, 2.45) is 0 Å². The van der Waals surface area contributed by atoms with Crippen LogP contribution >= 0.6 is 0 Å². The van der Waals surface area contributed by atoms with Crippen molar-refractivity contribution < 1.29 is 9.18 Å². The quantitative estimate of drug-likeness (QED) is 0.771. The molecule has 8 heteroatoms. The summed E-state index contributed by atoms with van der Waals surface area (Å²) < 4.78 is 13.0. The molecule has 0 atom stereocenters. The lowest BCUT2D eigenvalue weighted by Crippen LogP contribution is -2.14. The van der Waals surface area contributed by atoms with Crippen LogP contribution in [0, 0.1) is 12.7 Å². The largest absolute Gasteiger partial charge is 0.303 e. The maximum Gasteiger partial charge on any atom is 0.279 e. The molecule has 0 radical (unpaired) electrons. The summed E-state index contributed by atoms with van der Waals surface area (Å²) in [4.78, 5) is 13.6. The summed E-state index contributed by atoms with van der Waals surface area (Å²) in [6.45, 7) is 1.93. The summed E-state index contributed by atoms with van der Waals surface area (Å²) in [6.07, 6.45) is 3.67. The molecule has 2 aromatic heterocycles. The SMILES string of the molecule is Cc1c(NC(=O)c2cnn(-c3ccc(F)cc3)n2)n[nH]c1C1CC1. The van der Waals surface area contributed by atoms with Gasteiger partial charge in [-0.1, -0.05) is 0 Å². The predicted molar refractivity (Wildman–Crippen MR) is 84.6 cm³/mol. The van der Waals surface area contributed by atoms with Gasteiger partial charge < -0.3 is 5.32 Å². The number of benzene rings is 1. The van der Waals surface area contributed by atoms with Crippen molar-refractivity contribution in [3.63, 3.8) is 0 Å². The fourth-order valence-corrected chi connectivity index (χ4v) is 2.54. The van der Waals surface area contributed by atoms with E-state index < -0.39 is 0 Å².